The summed E-state index contributed by atoms with van der Waals surface area (Å²) >= 11 is 6.15. The number of aryl methyl sites for hydroxylation is 2. The van der Waals surface area contributed by atoms with Crippen molar-refractivity contribution in [2.24, 2.45) is 0 Å². The molecule has 2 amide bonds. The van der Waals surface area contributed by atoms with Gasteiger partial charge in [0.2, 0.25) is 11.8 Å². The Kier molecular flexibility index (Phi) is 9.99. The van der Waals surface area contributed by atoms with Gasteiger partial charge in [0.1, 0.15) is 18.3 Å². The minimum atomic E-state index is -4.15. The van der Waals surface area contributed by atoms with Gasteiger partial charge in [0.25, 0.3) is 10.0 Å². The van der Waals surface area contributed by atoms with Crippen molar-refractivity contribution in [3.8, 4) is 5.75 Å². The topological polar surface area (TPSA) is 96.0 Å². The van der Waals surface area contributed by atoms with E-state index >= 15 is 0 Å². The quantitative estimate of drug-likeness (QED) is 0.359. The number of carbonyl (C=O) groups is 2. The van der Waals surface area contributed by atoms with E-state index < -0.39 is 28.5 Å². The lowest BCUT2D eigenvalue weighted by molar-refractivity contribution is -0.139. The molecule has 0 aliphatic carbocycles. The number of nitrogens with one attached hydrogen (secondary N) is 1. The van der Waals surface area contributed by atoms with E-state index in [-0.39, 0.29) is 17.3 Å². The van der Waals surface area contributed by atoms with Gasteiger partial charge in [-0.1, -0.05) is 41.4 Å². The number of halogens is 1. The predicted molar refractivity (Wildman–Crippen MR) is 154 cm³/mol. The molecule has 8 nitrogen and oxygen atoms in total. The second kappa shape index (κ2) is 13.0. The van der Waals surface area contributed by atoms with Crippen LogP contribution >= 0.6 is 11.6 Å². The zero-order valence-corrected chi connectivity index (χ0v) is 24.3. The standard InChI is InChI=1S/C29H34ClN3O5S/c1-6-31-29(35)22(4)32(18-23-8-7-9-25(17-23)38-5)28(34)19-33(27-15-12-24(30)16-21(27)3)39(36,37)26-13-10-20(2)11-14-26/h7-17,22H,6,18-19H2,1-5H3,(H,31,35)/t22-/m1/s1. The lowest BCUT2D eigenvalue weighted by Crippen LogP contribution is -2.51. The first-order valence-electron chi connectivity index (χ1n) is 12.5. The molecule has 0 saturated heterocycles. The molecule has 3 aromatic rings. The van der Waals surface area contributed by atoms with E-state index in [4.69, 9.17) is 16.3 Å². The summed E-state index contributed by atoms with van der Waals surface area (Å²) in [7, 11) is -2.61. The van der Waals surface area contributed by atoms with Crippen molar-refractivity contribution in [1.82, 2.24) is 10.2 Å². The Morgan fingerprint density at radius 3 is 2.33 bits per heavy atom. The van der Waals surface area contributed by atoms with E-state index in [0.717, 1.165) is 15.4 Å². The average Bonchev–Trinajstić information content (AvgIpc) is 2.90. The molecule has 0 saturated carbocycles. The SMILES string of the molecule is CCNC(=O)[C@@H](C)N(Cc1cccc(OC)c1)C(=O)CN(c1ccc(Cl)cc1C)S(=O)(=O)c1ccc(C)cc1. The number of rotatable bonds is 11. The van der Waals surface area contributed by atoms with E-state index in [9.17, 15) is 18.0 Å². The van der Waals surface area contributed by atoms with Gasteiger partial charge in [0.15, 0.2) is 0 Å². The molecule has 39 heavy (non-hydrogen) atoms. The summed E-state index contributed by atoms with van der Waals surface area (Å²) in [4.78, 5) is 28.2. The Labute approximate surface area is 235 Å². The van der Waals surface area contributed by atoms with Gasteiger partial charge >= 0.3 is 0 Å². The third-order valence-corrected chi connectivity index (χ3v) is 8.33. The number of likely N-dealkylation sites (N-methyl/N-ethyl adjacent to an activating group) is 1. The van der Waals surface area contributed by atoms with Gasteiger partial charge in [-0.3, -0.25) is 13.9 Å². The van der Waals surface area contributed by atoms with Crippen LogP contribution in [0.1, 0.15) is 30.5 Å². The normalized spacial score (nSPS) is 11.9. The summed E-state index contributed by atoms with van der Waals surface area (Å²) in [5.74, 6) is -0.281. The molecular weight excluding hydrogens is 538 g/mol. The molecule has 0 aliphatic heterocycles. The molecule has 1 N–H and O–H groups in total. The minimum absolute atomic E-state index is 0.0476. The average molecular weight is 572 g/mol. The molecule has 0 bridgehead atoms. The maximum atomic E-state index is 13.9. The van der Waals surface area contributed by atoms with Gasteiger partial charge < -0.3 is 15.0 Å². The maximum absolute atomic E-state index is 13.9. The van der Waals surface area contributed by atoms with Gasteiger partial charge in [0.05, 0.1) is 17.7 Å². The number of hydrogen-bond donors (Lipinski definition) is 1. The molecule has 0 spiro atoms. The van der Waals surface area contributed by atoms with Crippen LogP contribution in [0.15, 0.2) is 71.6 Å². The molecule has 0 radical (unpaired) electrons. The second-order valence-corrected chi connectivity index (χ2v) is 11.5. The van der Waals surface area contributed by atoms with Gasteiger partial charge in [-0.05, 0) is 81.3 Å². The number of methoxy groups -OCH3 is 1. The number of carbonyl (C=O) groups excluding carboxylic acids is 2. The molecule has 1 atom stereocenters. The van der Waals surface area contributed by atoms with Crippen LogP contribution in [0.5, 0.6) is 5.75 Å². The Morgan fingerprint density at radius 2 is 1.72 bits per heavy atom. The highest BCUT2D eigenvalue weighted by molar-refractivity contribution is 7.92. The van der Waals surface area contributed by atoms with Crippen LogP contribution in [-0.2, 0) is 26.2 Å². The van der Waals surface area contributed by atoms with Crippen molar-refractivity contribution >= 4 is 39.1 Å². The molecule has 208 valence electrons. The summed E-state index contributed by atoms with van der Waals surface area (Å²) in [6, 6.07) is 17.5. The van der Waals surface area contributed by atoms with E-state index in [0.29, 0.717) is 28.6 Å². The summed E-state index contributed by atoms with van der Waals surface area (Å²) in [6.07, 6.45) is 0. The summed E-state index contributed by atoms with van der Waals surface area (Å²) in [5, 5.41) is 3.19. The third kappa shape index (κ3) is 7.30. The van der Waals surface area contributed by atoms with Crippen molar-refractivity contribution in [2.45, 2.75) is 45.2 Å². The fourth-order valence-electron chi connectivity index (χ4n) is 4.12. The number of ether oxygens (including phenoxy) is 1. The molecule has 0 unspecified atom stereocenters. The minimum Gasteiger partial charge on any atom is -0.497 e. The Hall–Kier alpha value is -3.56. The molecule has 0 aliphatic rings. The summed E-state index contributed by atoms with van der Waals surface area (Å²) < 4.78 is 34.2. The Balaban J connectivity index is 2.07. The highest BCUT2D eigenvalue weighted by Crippen LogP contribution is 2.29. The van der Waals surface area contributed by atoms with E-state index in [2.05, 4.69) is 5.32 Å². The fraction of sp³-hybridized carbons (Fsp3) is 0.310. The van der Waals surface area contributed by atoms with Crippen molar-refractivity contribution in [1.29, 1.82) is 0 Å². The lowest BCUT2D eigenvalue weighted by Gasteiger charge is -2.32. The Bertz CT molecular complexity index is 1430. The van der Waals surface area contributed by atoms with Crippen LogP contribution in [0.25, 0.3) is 0 Å². The van der Waals surface area contributed by atoms with Crippen LogP contribution in [0.4, 0.5) is 5.69 Å². The fourth-order valence-corrected chi connectivity index (χ4v) is 5.83. The predicted octanol–water partition coefficient (Wildman–Crippen LogP) is 4.71. The first-order valence-corrected chi connectivity index (χ1v) is 14.4. The van der Waals surface area contributed by atoms with Gasteiger partial charge in [-0.15, -0.1) is 0 Å². The molecular formula is C29H34ClN3O5S. The molecule has 0 aromatic heterocycles. The first kappa shape index (κ1) is 30.0. The van der Waals surface area contributed by atoms with Crippen molar-refractivity contribution in [2.75, 3.05) is 24.5 Å². The number of benzene rings is 3. The summed E-state index contributed by atoms with van der Waals surface area (Å²) in [5.41, 5.74) is 2.54. The van der Waals surface area contributed by atoms with Crippen LogP contribution < -0.4 is 14.4 Å². The van der Waals surface area contributed by atoms with Gasteiger partial charge in [-0.25, -0.2) is 8.42 Å². The lowest BCUT2D eigenvalue weighted by atomic mass is 10.1. The highest BCUT2D eigenvalue weighted by atomic mass is 35.5. The summed E-state index contributed by atoms with van der Waals surface area (Å²) in [6.45, 7) is 6.95. The van der Waals surface area contributed by atoms with Crippen LogP contribution in [-0.4, -0.2) is 51.4 Å². The van der Waals surface area contributed by atoms with E-state index in [1.807, 2.05) is 13.0 Å². The maximum Gasteiger partial charge on any atom is 0.264 e. The van der Waals surface area contributed by atoms with E-state index in [1.165, 1.54) is 17.0 Å². The van der Waals surface area contributed by atoms with Crippen LogP contribution in [0, 0.1) is 13.8 Å². The molecule has 3 aromatic carbocycles. The van der Waals surface area contributed by atoms with Gasteiger partial charge in [-0.2, -0.15) is 0 Å². The van der Waals surface area contributed by atoms with Crippen LogP contribution in [0.2, 0.25) is 5.02 Å². The zero-order chi connectivity index (χ0) is 28.7. The Morgan fingerprint density at radius 1 is 1.03 bits per heavy atom. The first-order chi connectivity index (χ1) is 18.5. The monoisotopic (exact) mass is 571 g/mol. The molecule has 0 heterocycles. The van der Waals surface area contributed by atoms with Crippen molar-refractivity contribution < 1.29 is 22.7 Å². The van der Waals surface area contributed by atoms with Gasteiger partial charge in [0, 0.05) is 18.1 Å². The number of anilines is 1. The highest BCUT2D eigenvalue weighted by Gasteiger charge is 2.33. The van der Waals surface area contributed by atoms with Crippen LogP contribution in [0.3, 0.4) is 0 Å². The number of sulfonamides is 1. The van der Waals surface area contributed by atoms with Crippen molar-refractivity contribution in [3.05, 3.63) is 88.4 Å². The smallest absolute Gasteiger partial charge is 0.264 e. The third-order valence-electron chi connectivity index (χ3n) is 6.32. The number of amides is 2. The zero-order valence-electron chi connectivity index (χ0n) is 22.8. The number of nitrogens with zero attached hydrogens (tertiary/aromatic N) is 2. The molecule has 3 rings (SSSR count). The van der Waals surface area contributed by atoms with E-state index in [1.54, 1.807) is 76.4 Å². The second-order valence-electron chi connectivity index (χ2n) is 9.20. The molecule has 10 heteroatoms. The number of hydrogen-bond acceptors (Lipinski definition) is 5. The van der Waals surface area contributed by atoms with Crippen molar-refractivity contribution in [3.63, 3.8) is 0 Å². The molecule has 0 fully saturated rings. The largest absolute Gasteiger partial charge is 0.497 e.